The van der Waals surface area contributed by atoms with E-state index in [0.717, 1.165) is 39.0 Å². The highest BCUT2D eigenvalue weighted by atomic mass is 16.4. The molecule has 0 aromatic rings. The van der Waals surface area contributed by atoms with Gasteiger partial charge in [-0.25, -0.2) is 0 Å². The zero-order valence-electron chi connectivity index (χ0n) is 10.5. The molecule has 1 N–H and O–H groups in total. The van der Waals surface area contributed by atoms with E-state index in [9.17, 15) is 9.59 Å². The Morgan fingerprint density at radius 1 is 1.00 bits per heavy atom. The lowest BCUT2D eigenvalue weighted by atomic mass is 10.1. The second-order valence-electron chi connectivity index (χ2n) is 4.64. The molecule has 1 saturated heterocycles. The molecule has 98 valence electrons. The SMILES string of the molecule is CN1CCN(C(=O)CCCCCC(=O)O)CC1. The van der Waals surface area contributed by atoms with Gasteiger partial charge in [-0.3, -0.25) is 9.59 Å². The Kier molecular flexibility index (Phi) is 5.97. The molecule has 0 aromatic heterocycles. The molecule has 5 heteroatoms. The van der Waals surface area contributed by atoms with Crippen molar-refractivity contribution in [3.8, 4) is 0 Å². The van der Waals surface area contributed by atoms with Crippen molar-refractivity contribution in [1.82, 2.24) is 9.80 Å². The highest BCUT2D eigenvalue weighted by Crippen LogP contribution is 2.07. The van der Waals surface area contributed by atoms with Gasteiger partial charge < -0.3 is 14.9 Å². The van der Waals surface area contributed by atoms with Crippen molar-refractivity contribution in [2.75, 3.05) is 33.2 Å². The first-order chi connectivity index (χ1) is 8.09. The fourth-order valence-corrected chi connectivity index (χ4v) is 1.94. The third-order valence-corrected chi connectivity index (χ3v) is 3.14. The molecular weight excluding hydrogens is 220 g/mol. The predicted octanol–water partition coefficient (Wildman–Crippen LogP) is 0.795. The molecule has 0 aromatic carbocycles. The lowest BCUT2D eigenvalue weighted by Gasteiger charge is -2.32. The number of rotatable bonds is 6. The Hall–Kier alpha value is -1.10. The topological polar surface area (TPSA) is 60.9 Å². The molecular formula is C12H22N2O3. The smallest absolute Gasteiger partial charge is 0.303 e. The Bertz CT molecular complexity index is 260. The van der Waals surface area contributed by atoms with E-state index in [1.807, 2.05) is 4.90 Å². The molecule has 0 atom stereocenters. The maximum Gasteiger partial charge on any atom is 0.303 e. The Labute approximate surface area is 102 Å². The minimum Gasteiger partial charge on any atom is -0.481 e. The van der Waals surface area contributed by atoms with E-state index in [2.05, 4.69) is 11.9 Å². The number of nitrogens with zero attached hydrogens (tertiary/aromatic N) is 2. The second-order valence-corrected chi connectivity index (χ2v) is 4.64. The quantitative estimate of drug-likeness (QED) is 0.700. The van der Waals surface area contributed by atoms with Crippen molar-refractivity contribution in [1.29, 1.82) is 0 Å². The number of piperazine rings is 1. The molecule has 0 radical (unpaired) electrons. The Morgan fingerprint density at radius 2 is 1.59 bits per heavy atom. The normalized spacial score (nSPS) is 17.1. The molecule has 5 nitrogen and oxygen atoms in total. The third-order valence-electron chi connectivity index (χ3n) is 3.14. The summed E-state index contributed by atoms with van der Waals surface area (Å²) < 4.78 is 0. The number of unbranched alkanes of at least 4 members (excludes halogenated alkanes) is 2. The monoisotopic (exact) mass is 242 g/mol. The minimum absolute atomic E-state index is 0.211. The first-order valence-corrected chi connectivity index (χ1v) is 6.27. The van der Waals surface area contributed by atoms with Crippen molar-refractivity contribution in [2.24, 2.45) is 0 Å². The number of hydrogen-bond donors (Lipinski definition) is 1. The molecule has 0 spiro atoms. The van der Waals surface area contributed by atoms with E-state index < -0.39 is 5.97 Å². The van der Waals surface area contributed by atoms with Gasteiger partial charge in [-0.2, -0.15) is 0 Å². The fourth-order valence-electron chi connectivity index (χ4n) is 1.94. The summed E-state index contributed by atoms with van der Waals surface area (Å²) in [6.45, 7) is 3.55. The summed E-state index contributed by atoms with van der Waals surface area (Å²) in [5.74, 6) is -0.538. The molecule has 0 aliphatic carbocycles. The third kappa shape index (κ3) is 5.68. The van der Waals surface area contributed by atoms with Gasteiger partial charge >= 0.3 is 5.97 Å². The van der Waals surface area contributed by atoms with Crippen molar-refractivity contribution < 1.29 is 14.7 Å². The summed E-state index contributed by atoms with van der Waals surface area (Å²) in [6.07, 6.45) is 3.07. The zero-order chi connectivity index (χ0) is 12.7. The van der Waals surface area contributed by atoms with Gasteiger partial charge in [0.15, 0.2) is 0 Å². The average molecular weight is 242 g/mol. The van der Waals surface area contributed by atoms with Crippen molar-refractivity contribution >= 4 is 11.9 Å². The summed E-state index contributed by atoms with van der Waals surface area (Å²) in [4.78, 5) is 26.2. The van der Waals surface area contributed by atoms with Gasteiger partial charge in [0.1, 0.15) is 0 Å². The first-order valence-electron chi connectivity index (χ1n) is 6.27. The van der Waals surface area contributed by atoms with Gasteiger partial charge in [0, 0.05) is 39.0 Å². The maximum absolute atomic E-state index is 11.8. The van der Waals surface area contributed by atoms with Gasteiger partial charge in [0.25, 0.3) is 0 Å². The molecule has 1 aliphatic heterocycles. The summed E-state index contributed by atoms with van der Waals surface area (Å²) in [5, 5.41) is 8.47. The van der Waals surface area contributed by atoms with E-state index in [1.165, 1.54) is 0 Å². The number of hydrogen-bond acceptors (Lipinski definition) is 3. The van der Waals surface area contributed by atoms with Gasteiger partial charge in [-0.15, -0.1) is 0 Å². The molecule has 1 heterocycles. The summed E-state index contributed by atoms with van der Waals surface area (Å²) >= 11 is 0. The number of carbonyl (C=O) groups is 2. The van der Waals surface area contributed by atoms with Crippen LogP contribution in [0.3, 0.4) is 0 Å². The maximum atomic E-state index is 11.8. The van der Waals surface area contributed by atoms with Gasteiger partial charge in [0.05, 0.1) is 0 Å². The number of likely N-dealkylation sites (N-methyl/N-ethyl adjacent to an activating group) is 1. The lowest BCUT2D eigenvalue weighted by molar-refractivity contribution is -0.137. The molecule has 17 heavy (non-hydrogen) atoms. The number of carboxylic acids is 1. The van der Waals surface area contributed by atoms with Gasteiger partial charge in [-0.1, -0.05) is 6.42 Å². The van der Waals surface area contributed by atoms with E-state index in [4.69, 9.17) is 5.11 Å². The number of carboxylic acid groups (broad SMARTS) is 1. The Balaban J connectivity index is 2.06. The Morgan fingerprint density at radius 3 is 2.18 bits per heavy atom. The molecule has 0 saturated carbocycles. The second kappa shape index (κ2) is 7.27. The van der Waals surface area contributed by atoms with Crippen LogP contribution in [0.1, 0.15) is 32.1 Å². The zero-order valence-corrected chi connectivity index (χ0v) is 10.5. The molecule has 1 amide bonds. The molecule has 0 unspecified atom stereocenters. The van der Waals surface area contributed by atoms with Crippen LogP contribution in [-0.4, -0.2) is 60.0 Å². The highest BCUT2D eigenvalue weighted by Gasteiger charge is 2.18. The van der Waals surface area contributed by atoms with Crippen LogP contribution in [0.5, 0.6) is 0 Å². The number of carbonyl (C=O) groups excluding carboxylic acids is 1. The van der Waals surface area contributed by atoms with Crippen LogP contribution in [-0.2, 0) is 9.59 Å². The number of amides is 1. The van der Waals surface area contributed by atoms with Crippen LogP contribution in [0.4, 0.5) is 0 Å². The van der Waals surface area contributed by atoms with Crippen LogP contribution in [0.2, 0.25) is 0 Å². The van der Waals surface area contributed by atoms with Crippen molar-refractivity contribution in [2.45, 2.75) is 32.1 Å². The van der Waals surface area contributed by atoms with Crippen molar-refractivity contribution in [3.63, 3.8) is 0 Å². The van der Waals surface area contributed by atoms with E-state index in [-0.39, 0.29) is 12.3 Å². The van der Waals surface area contributed by atoms with Gasteiger partial charge in [0.2, 0.25) is 5.91 Å². The standard InChI is InChI=1S/C12H22N2O3/c1-13-7-9-14(10-8-13)11(15)5-3-2-4-6-12(16)17/h2-10H2,1H3,(H,16,17). The molecule has 1 aliphatic rings. The van der Waals surface area contributed by atoms with E-state index in [0.29, 0.717) is 12.8 Å². The fraction of sp³-hybridized carbons (Fsp3) is 0.833. The van der Waals surface area contributed by atoms with Crippen LogP contribution in [0.15, 0.2) is 0 Å². The molecule has 0 bridgehead atoms. The molecule has 1 fully saturated rings. The average Bonchev–Trinajstić information content (AvgIpc) is 2.29. The number of aliphatic carboxylic acids is 1. The summed E-state index contributed by atoms with van der Waals surface area (Å²) in [6, 6.07) is 0. The van der Waals surface area contributed by atoms with Gasteiger partial charge in [-0.05, 0) is 19.9 Å². The van der Waals surface area contributed by atoms with Crippen LogP contribution < -0.4 is 0 Å². The predicted molar refractivity (Wildman–Crippen MR) is 64.8 cm³/mol. The van der Waals surface area contributed by atoms with Crippen molar-refractivity contribution in [3.05, 3.63) is 0 Å². The summed E-state index contributed by atoms with van der Waals surface area (Å²) in [5.41, 5.74) is 0. The van der Waals surface area contributed by atoms with Crippen LogP contribution in [0, 0.1) is 0 Å². The van der Waals surface area contributed by atoms with Crippen LogP contribution in [0.25, 0.3) is 0 Å². The van der Waals surface area contributed by atoms with E-state index >= 15 is 0 Å². The van der Waals surface area contributed by atoms with E-state index in [1.54, 1.807) is 0 Å². The first kappa shape index (κ1) is 14.0. The highest BCUT2D eigenvalue weighted by molar-refractivity contribution is 5.76. The largest absolute Gasteiger partial charge is 0.481 e. The molecule has 1 rings (SSSR count). The van der Waals surface area contributed by atoms with Crippen LogP contribution >= 0.6 is 0 Å². The minimum atomic E-state index is -0.754. The lowest BCUT2D eigenvalue weighted by Crippen LogP contribution is -2.47. The summed E-state index contributed by atoms with van der Waals surface area (Å²) in [7, 11) is 2.06.